The van der Waals surface area contributed by atoms with Crippen molar-refractivity contribution < 1.29 is 13.6 Å². The van der Waals surface area contributed by atoms with Crippen LogP contribution in [-0.2, 0) is 11.2 Å². The van der Waals surface area contributed by atoms with E-state index in [9.17, 15) is 13.6 Å². The van der Waals surface area contributed by atoms with E-state index in [1.54, 1.807) is 6.07 Å². The van der Waals surface area contributed by atoms with E-state index in [0.29, 0.717) is 5.92 Å². The van der Waals surface area contributed by atoms with Gasteiger partial charge in [0.2, 0.25) is 0 Å². The zero-order valence-corrected chi connectivity index (χ0v) is 12.3. The van der Waals surface area contributed by atoms with Crippen molar-refractivity contribution in [3.05, 3.63) is 35.4 Å². The van der Waals surface area contributed by atoms with E-state index >= 15 is 0 Å². The molecular formula is C16H24F2O. The molecule has 3 heteroatoms. The first-order chi connectivity index (χ1) is 8.86. The minimum Gasteiger partial charge on any atom is -0.300 e. The van der Waals surface area contributed by atoms with E-state index in [1.165, 1.54) is 38.8 Å². The van der Waals surface area contributed by atoms with Crippen molar-refractivity contribution in [2.24, 2.45) is 5.92 Å². The van der Waals surface area contributed by atoms with Gasteiger partial charge in [0.25, 0.3) is 0 Å². The number of hydrogen-bond donors (Lipinski definition) is 0. The van der Waals surface area contributed by atoms with E-state index in [4.69, 9.17) is 0 Å². The average molecular weight is 270 g/mol. The number of ketones is 1. The summed E-state index contributed by atoms with van der Waals surface area (Å²) in [5.41, 5.74) is 0.886. The molecule has 0 aliphatic carbocycles. The first-order valence-corrected chi connectivity index (χ1v) is 6.77. The van der Waals surface area contributed by atoms with Crippen LogP contribution in [0.1, 0.15) is 52.5 Å². The van der Waals surface area contributed by atoms with Gasteiger partial charge in [0.15, 0.2) is 11.6 Å². The first kappa shape index (κ1) is 17.8. The Morgan fingerprint density at radius 2 is 1.74 bits per heavy atom. The van der Waals surface area contributed by atoms with Gasteiger partial charge in [-0.05, 0) is 50.3 Å². The average Bonchev–Trinajstić information content (AvgIpc) is 2.30. The Bertz CT molecular complexity index is 384. The molecule has 0 fully saturated rings. The summed E-state index contributed by atoms with van der Waals surface area (Å²) in [7, 11) is 0. The second kappa shape index (κ2) is 9.65. The Hall–Kier alpha value is -1.25. The van der Waals surface area contributed by atoms with Crippen LogP contribution in [0.25, 0.3) is 0 Å². The minimum atomic E-state index is -0.764. The number of halogens is 2. The molecule has 1 rings (SSSR count). The van der Waals surface area contributed by atoms with E-state index < -0.39 is 11.6 Å². The van der Waals surface area contributed by atoms with E-state index in [-0.39, 0.29) is 5.78 Å². The van der Waals surface area contributed by atoms with Crippen LogP contribution in [-0.4, -0.2) is 5.78 Å². The Labute approximate surface area is 115 Å². The van der Waals surface area contributed by atoms with Crippen molar-refractivity contribution in [3.63, 3.8) is 0 Å². The van der Waals surface area contributed by atoms with Gasteiger partial charge in [0.05, 0.1) is 0 Å². The molecule has 0 saturated heterocycles. The van der Waals surface area contributed by atoms with Crippen LogP contribution < -0.4 is 0 Å². The lowest BCUT2D eigenvalue weighted by atomic mass is 9.97. The van der Waals surface area contributed by atoms with Gasteiger partial charge < -0.3 is 4.79 Å². The fraction of sp³-hybridized carbons (Fsp3) is 0.562. The molecular weight excluding hydrogens is 246 g/mol. The maximum Gasteiger partial charge on any atom is 0.159 e. The van der Waals surface area contributed by atoms with E-state index in [0.717, 1.165) is 18.4 Å². The molecule has 1 atom stereocenters. The van der Waals surface area contributed by atoms with Gasteiger partial charge in [-0.15, -0.1) is 0 Å². The van der Waals surface area contributed by atoms with Crippen LogP contribution in [0.15, 0.2) is 18.2 Å². The molecule has 1 nitrogen and oxygen atoms in total. The lowest BCUT2D eigenvalue weighted by Gasteiger charge is -2.09. The second-order valence-corrected chi connectivity index (χ2v) is 5.09. The normalized spacial score (nSPS) is 11.5. The highest BCUT2D eigenvalue weighted by molar-refractivity contribution is 5.72. The fourth-order valence-corrected chi connectivity index (χ4v) is 1.75. The van der Waals surface area contributed by atoms with Crippen LogP contribution in [0.2, 0.25) is 0 Å². The Morgan fingerprint density at radius 3 is 2.21 bits per heavy atom. The fourth-order valence-electron chi connectivity index (χ4n) is 1.75. The third-order valence-corrected chi connectivity index (χ3v) is 2.69. The number of Topliss-reactive ketones (excluding diaryl/α,β-unsaturated/α-hetero) is 1. The Kier molecular flexibility index (Phi) is 9.02. The molecule has 0 spiro atoms. The van der Waals surface area contributed by atoms with Gasteiger partial charge in [-0.2, -0.15) is 0 Å². The van der Waals surface area contributed by atoms with Crippen molar-refractivity contribution in [1.29, 1.82) is 0 Å². The standard InChI is InChI=1S/C13H18F2.C3H6O/c1-3-4-10(2)5-6-11-7-8-12(14)13(15)9-11;1-3(2)4/h7-10H,3-6H2,1-2H3;1-2H3. The number of benzene rings is 1. The number of hydrogen-bond acceptors (Lipinski definition) is 1. The van der Waals surface area contributed by atoms with E-state index in [2.05, 4.69) is 13.8 Å². The van der Waals surface area contributed by atoms with Crippen LogP contribution in [0.3, 0.4) is 0 Å². The van der Waals surface area contributed by atoms with Gasteiger partial charge in [0.1, 0.15) is 5.78 Å². The summed E-state index contributed by atoms with van der Waals surface area (Å²) in [5.74, 6) is -0.681. The largest absolute Gasteiger partial charge is 0.300 e. The molecule has 0 aliphatic rings. The summed E-state index contributed by atoms with van der Waals surface area (Å²) >= 11 is 0. The van der Waals surface area contributed by atoms with Crippen molar-refractivity contribution in [1.82, 2.24) is 0 Å². The molecule has 0 N–H and O–H groups in total. The summed E-state index contributed by atoms with van der Waals surface area (Å²) in [5, 5.41) is 0. The summed E-state index contributed by atoms with van der Waals surface area (Å²) in [6.07, 6.45) is 4.25. The van der Waals surface area contributed by atoms with Crippen molar-refractivity contribution in [2.75, 3.05) is 0 Å². The van der Waals surface area contributed by atoms with Crippen molar-refractivity contribution >= 4 is 5.78 Å². The summed E-state index contributed by atoms with van der Waals surface area (Å²) < 4.78 is 25.5. The first-order valence-electron chi connectivity index (χ1n) is 6.77. The Morgan fingerprint density at radius 1 is 1.16 bits per heavy atom. The molecule has 1 aromatic rings. The molecule has 0 radical (unpaired) electrons. The third kappa shape index (κ3) is 9.34. The highest BCUT2D eigenvalue weighted by Gasteiger charge is 2.05. The smallest absolute Gasteiger partial charge is 0.159 e. The second-order valence-electron chi connectivity index (χ2n) is 5.09. The molecule has 0 aromatic heterocycles. The molecule has 0 aliphatic heterocycles. The zero-order chi connectivity index (χ0) is 14.8. The van der Waals surface area contributed by atoms with Gasteiger partial charge in [-0.25, -0.2) is 8.78 Å². The van der Waals surface area contributed by atoms with Gasteiger partial charge in [0, 0.05) is 0 Å². The number of carbonyl (C=O) groups excluding carboxylic acids is 1. The highest BCUT2D eigenvalue weighted by atomic mass is 19.2. The lowest BCUT2D eigenvalue weighted by Crippen LogP contribution is -1.97. The lowest BCUT2D eigenvalue weighted by molar-refractivity contribution is -0.114. The molecule has 0 heterocycles. The van der Waals surface area contributed by atoms with Crippen molar-refractivity contribution in [2.45, 2.75) is 53.4 Å². The molecule has 0 amide bonds. The highest BCUT2D eigenvalue weighted by Crippen LogP contribution is 2.16. The summed E-state index contributed by atoms with van der Waals surface area (Å²) in [4.78, 5) is 9.44. The maximum atomic E-state index is 12.9. The number of carbonyl (C=O) groups is 1. The van der Waals surface area contributed by atoms with Crippen LogP contribution in [0.4, 0.5) is 8.78 Å². The molecule has 19 heavy (non-hydrogen) atoms. The van der Waals surface area contributed by atoms with Crippen LogP contribution in [0, 0.1) is 17.6 Å². The quantitative estimate of drug-likeness (QED) is 0.741. The number of aryl methyl sites for hydroxylation is 1. The predicted molar refractivity (Wildman–Crippen MR) is 75.1 cm³/mol. The molecule has 1 aromatic carbocycles. The predicted octanol–water partition coefficient (Wildman–Crippen LogP) is 4.93. The maximum absolute atomic E-state index is 12.9. The molecule has 108 valence electrons. The number of rotatable bonds is 5. The van der Waals surface area contributed by atoms with Gasteiger partial charge >= 0.3 is 0 Å². The zero-order valence-electron chi connectivity index (χ0n) is 12.3. The SMILES string of the molecule is CC(C)=O.CCCC(C)CCc1ccc(F)c(F)c1. The molecule has 0 saturated carbocycles. The van der Waals surface area contributed by atoms with Crippen LogP contribution >= 0.6 is 0 Å². The minimum absolute atomic E-state index is 0.167. The van der Waals surface area contributed by atoms with Gasteiger partial charge in [-0.3, -0.25) is 0 Å². The summed E-state index contributed by atoms with van der Waals surface area (Å²) in [6, 6.07) is 4.17. The van der Waals surface area contributed by atoms with Crippen LogP contribution in [0.5, 0.6) is 0 Å². The summed E-state index contributed by atoms with van der Waals surface area (Å²) in [6.45, 7) is 7.41. The molecule has 1 unspecified atom stereocenters. The van der Waals surface area contributed by atoms with E-state index in [1.807, 2.05) is 0 Å². The molecule has 0 bridgehead atoms. The Balaban J connectivity index is 0.000000711. The topological polar surface area (TPSA) is 17.1 Å². The van der Waals surface area contributed by atoms with Crippen molar-refractivity contribution in [3.8, 4) is 0 Å². The monoisotopic (exact) mass is 270 g/mol. The van der Waals surface area contributed by atoms with Gasteiger partial charge in [-0.1, -0.05) is 32.8 Å². The third-order valence-electron chi connectivity index (χ3n) is 2.69.